The predicted molar refractivity (Wildman–Crippen MR) is 87.9 cm³/mol. The zero-order valence-corrected chi connectivity index (χ0v) is 13.8. The van der Waals surface area contributed by atoms with E-state index in [1.54, 1.807) is 0 Å². The summed E-state index contributed by atoms with van der Waals surface area (Å²) in [5.74, 6) is 1.11. The summed E-state index contributed by atoms with van der Waals surface area (Å²) in [4.78, 5) is 0. The lowest BCUT2D eigenvalue weighted by Gasteiger charge is -2.12. The van der Waals surface area contributed by atoms with Crippen LogP contribution in [0.15, 0.2) is 35.6 Å². The average Bonchev–Trinajstić information content (AvgIpc) is 2.49. The number of hydrogen-bond donors (Lipinski definition) is 0. The van der Waals surface area contributed by atoms with Gasteiger partial charge < -0.3 is 9.47 Å². The average molecular weight is 280 g/mol. The van der Waals surface area contributed by atoms with E-state index >= 15 is 0 Å². The van der Waals surface area contributed by atoms with E-state index in [1.807, 2.05) is 20.8 Å². The van der Waals surface area contributed by atoms with Crippen LogP contribution in [-0.2, 0) is 9.47 Å². The van der Waals surface area contributed by atoms with Crippen molar-refractivity contribution in [3.05, 3.63) is 35.6 Å². The minimum Gasteiger partial charge on any atom is -0.494 e. The molecule has 20 heavy (non-hydrogen) atoms. The van der Waals surface area contributed by atoms with Crippen LogP contribution in [0.5, 0.6) is 0 Å². The van der Waals surface area contributed by atoms with Gasteiger partial charge in [0, 0.05) is 19.6 Å². The van der Waals surface area contributed by atoms with Crippen molar-refractivity contribution in [1.82, 2.24) is 0 Å². The number of unbranched alkanes of at least 4 members (excludes halogenated alkanes) is 2. The molecule has 0 aromatic carbocycles. The van der Waals surface area contributed by atoms with Crippen molar-refractivity contribution in [3.8, 4) is 0 Å². The zero-order chi connectivity index (χ0) is 15.1. The Labute approximate surface area is 125 Å². The maximum Gasteiger partial charge on any atom is 0.106 e. The fourth-order valence-electron chi connectivity index (χ4n) is 1.79. The molecule has 0 aromatic rings. The van der Waals surface area contributed by atoms with Gasteiger partial charge in [0.25, 0.3) is 0 Å². The van der Waals surface area contributed by atoms with Crippen molar-refractivity contribution in [3.63, 3.8) is 0 Å². The number of hydrogen-bond acceptors (Lipinski definition) is 2. The van der Waals surface area contributed by atoms with Gasteiger partial charge in [-0.2, -0.15) is 0 Å². The van der Waals surface area contributed by atoms with Gasteiger partial charge in [-0.3, -0.25) is 0 Å². The zero-order valence-electron chi connectivity index (χ0n) is 13.8. The Morgan fingerprint density at radius 3 is 2.55 bits per heavy atom. The van der Waals surface area contributed by atoms with E-state index in [-0.39, 0.29) is 0 Å². The Morgan fingerprint density at radius 1 is 1.10 bits per heavy atom. The van der Waals surface area contributed by atoms with E-state index in [0.717, 1.165) is 44.7 Å². The van der Waals surface area contributed by atoms with Crippen LogP contribution in [0.1, 0.15) is 59.8 Å². The summed E-state index contributed by atoms with van der Waals surface area (Å²) in [6.45, 7) is 10.6. The lowest BCUT2D eigenvalue weighted by atomic mass is 10.1. The molecule has 0 radical (unpaired) electrons. The second-order valence-corrected chi connectivity index (χ2v) is 4.62. The minimum absolute atomic E-state index is 0.699. The third-order valence-electron chi connectivity index (χ3n) is 2.96. The van der Waals surface area contributed by atoms with E-state index in [0.29, 0.717) is 6.61 Å². The second kappa shape index (κ2) is 14.4. The minimum atomic E-state index is 0.699. The standard InChI is InChI=1S/C16H26O2.C2H6/c1-3-17-13-7-5-4-6-8-14-18-16-11-9-15(2)10-12-16;1-2/h6,8-9,11H,3-5,7,10,12-14H2,1-2H3;1-2H3/b8-6+;. The van der Waals surface area contributed by atoms with Crippen molar-refractivity contribution in [2.75, 3.05) is 19.8 Å². The molecule has 0 fully saturated rings. The fourth-order valence-corrected chi connectivity index (χ4v) is 1.79. The molecule has 2 nitrogen and oxygen atoms in total. The van der Waals surface area contributed by atoms with E-state index in [1.165, 1.54) is 12.0 Å². The summed E-state index contributed by atoms with van der Waals surface area (Å²) in [7, 11) is 0. The molecule has 0 bridgehead atoms. The molecule has 0 unspecified atom stereocenters. The molecule has 1 aliphatic carbocycles. The molecule has 1 rings (SSSR count). The summed E-state index contributed by atoms with van der Waals surface area (Å²) in [6.07, 6.45) is 14.2. The Morgan fingerprint density at radius 2 is 1.90 bits per heavy atom. The maximum atomic E-state index is 5.68. The third-order valence-corrected chi connectivity index (χ3v) is 2.96. The lowest BCUT2D eigenvalue weighted by Crippen LogP contribution is -1.96. The van der Waals surface area contributed by atoms with Crippen molar-refractivity contribution >= 4 is 0 Å². The fraction of sp³-hybridized carbons (Fsp3) is 0.667. The molecule has 0 spiro atoms. The van der Waals surface area contributed by atoms with Gasteiger partial charge in [0.05, 0.1) is 5.76 Å². The van der Waals surface area contributed by atoms with Gasteiger partial charge in [0.2, 0.25) is 0 Å². The van der Waals surface area contributed by atoms with Crippen LogP contribution in [0, 0.1) is 0 Å². The number of ether oxygens (including phenoxy) is 2. The topological polar surface area (TPSA) is 18.5 Å². The molecule has 0 saturated carbocycles. The first-order valence-corrected chi connectivity index (χ1v) is 8.04. The van der Waals surface area contributed by atoms with Crippen LogP contribution in [-0.4, -0.2) is 19.8 Å². The van der Waals surface area contributed by atoms with E-state index < -0.39 is 0 Å². The summed E-state index contributed by atoms with van der Waals surface area (Å²) in [5.41, 5.74) is 1.44. The van der Waals surface area contributed by atoms with Crippen molar-refractivity contribution in [2.24, 2.45) is 0 Å². The van der Waals surface area contributed by atoms with Crippen LogP contribution >= 0.6 is 0 Å². The van der Waals surface area contributed by atoms with Crippen LogP contribution in [0.2, 0.25) is 0 Å². The smallest absolute Gasteiger partial charge is 0.106 e. The van der Waals surface area contributed by atoms with Crippen molar-refractivity contribution in [2.45, 2.75) is 59.8 Å². The van der Waals surface area contributed by atoms with Crippen LogP contribution in [0.25, 0.3) is 0 Å². The number of rotatable bonds is 9. The Balaban J connectivity index is 0.00000172. The summed E-state index contributed by atoms with van der Waals surface area (Å²) >= 11 is 0. The third kappa shape index (κ3) is 10.9. The molecule has 0 aromatic heterocycles. The lowest BCUT2D eigenvalue weighted by molar-refractivity contribution is 0.143. The Hall–Kier alpha value is -1.02. The molecule has 0 amide bonds. The second-order valence-electron chi connectivity index (χ2n) is 4.62. The van der Waals surface area contributed by atoms with E-state index in [4.69, 9.17) is 9.47 Å². The molecule has 0 saturated heterocycles. The number of allylic oxidation sites excluding steroid dienone is 5. The summed E-state index contributed by atoms with van der Waals surface area (Å²) in [5, 5.41) is 0. The van der Waals surface area contributed by atoms with Gasteiger partial charge in [-0.1, -0.05) is 37.6 Å². The monoisotopic (exact) mass is 280 g/mol. The normalized spacial score (nSPS) is 14.4. The highest BCUT2D eigenvalue weighted by Gasteiger charge is 2.02. The molecule has 0 aliphatic heterocycles. The van der Waals surface area contributed by atoms with Crippen LogP contribution in [0.3, 0.4) is 0 Å². The SMILES string of the molecule is CC.CCOCCCC/C=C/COC1=CC=C(C)CC1. The van der Waals surface area contributed by atoms with Gasteiger partial charge in [-0.25, -0.2) is 0 Å². The molecular weight excluding hydrogens is 248 g/mol. The highest BCUT2D eigenvalue weighted by molar-refractivity contribution is 5.19. The van der Waals surface area contributed by atoms with Crippen molar-refractivity contribution in [1.29, 1.82) is 0 Å². The molecule has 0 N–H and O–H groups in total. The predicted octanol–water partition coefficient (Wildman–Crippen LogP) is 5.42. The molecule has 0 atom stereocenters. The first-order valence-electron chi connectivity index (χ1n) is 8.04. The van der Waals surface area contributed by atoms with Gasteiger partial charge >= 0.3 is 0 Å². The molecule has 1 aliphatic rings. The Kier molecular flexibility index (Phi) is 13.7. The quantitative estimate of drug-likeness (QED) is 0.415. The highest BCUT2D eigenvalue weighted by Crippen LogP contribution is 2.18. The van der Waals surface area contributed by atoms with E-state index in [9.17, 15) is 0 Å². The van der Waals surface area contributed by atoms with Gasteiger partial charge in [-0.15, -0.1) is 0 Å². The molecule has 2 heteroatoms. The highest BCUT2D eigenvalue weighted by atomic mass is 16.5. The first-order chi connectivity index (χ1) is 9.83. The summed E-state index contributed by atoms with van der Waals surface area (Å²) < 4.78 is 11.0. The molecule has 0 heterocycles. The molecular formula is C18H32O2. The van der Waals surface area contributed by atoms with Crippen molar-refractivity contribution < 1.29 is 9.47 Å². The van der Waals surface area contributed by atoms with Crippen LogP contribution in [0.4, 0.5) is 0 Å². The van der Waals surface area contributed by atoms with Gasteiger partial charge in [0.1, 0.15) is 6.61 Å². The first kappa shape index (κ1) is 19.0. The Bertz CT molecular complexity index is 301. The molecule has 116 valence electrons. The van der Waals surface area contributed by atoms with Gasteiger partial charge in [0.15, 0.2) is 0 Å². The maximum absolute atomic E-state index is 5.68. The van der Waals surface area contributed by atoms with Gasteiger partial charge in [-0.05, 0) is 45.6 Å². The van der Waals surface area contributed by atoms with Crippen LogP contribution < -0.4 is 0 Å². The largest absolute Gasteiger partial charge is 0.494 e. The summed E-state index contributed by atoms with van der Waals surface area (Å²) in [6, 6.07) is 0. The van der Waals surface area contributed by atoms with E-state index in [2.05, 4.69) is 31.2 Å².